The smallest absolute Gasteiger partial charge is 0.143 e. The summed E-state index contributed by atoms with van der Waals surface area (Å²) in [6.45, 7) is 4.21. The van der Waals surface area contributed by atoms with Crippen molar-refractivity contribution in [3.05, 3.63) is 51.7 Å². The summed E-state index contributed by atoms with van der Waals surface area (Å²) >= 11 is 9.35. The van der Waals surface area contributed by atoms with Crippen LogP contribution >= 0.6 is 27.5 Å². The number of ether oxygens (including phenoxy) is 1. The van der Waals surface area contributed by atoms with E-state index >= 15 is 0 Å². The Morgan fingerprint density at radius 1 is 1.38 bits per heavy atom. The van der Waals surface area contributed by atoms with Crippen LogP contribution in [0.1, 0.15) is 31.9 Å². The third-order valence-electron chi connectivity index (χ3n) is 3.51. The van der Waals surface area contributed by atoms with Gasteiger partial charge >= 0.3 is 0 Å². The number of hydrogen-bond acceptors (Lipinski definition) is 3. The number of rotatable bonds is 2. The Kier molecular flexibility index (Phi) is 3.84. The fourth-order valence-corrected chi connectivity index (χ4v) is 3.08. The van der Waals surface area contributed by atoms with Crippen molar-refractivity contribution >= 4 is 33.2 Å². The zero-order chi connectivity index (χ0) is 15.0. The molecule has 110 valence electrons. The summed E-state index contributed by atoms with van der Waals surface area (Å²) < 4.78 is 6.83. The summed E-state index contributed by atoms with van der Waals surface area (Å²) in [6, 6.07) is 10.3. The van der Waals surface area contributed by atoms with E-state index in [4.69, 9.17) is 16.3 Å². The van der Waals surface area contributed by atoms with Crippen LogP contribution in [0.5, 0.6) is 5.75 Å². The van der Waals surface area contributed by atoms with Crippen LogP contribution < -0.4 is 10.1 Å². The van der Waals surface area contributed by atoms with Gasteiger partial charge in [0.2, 0.25) is 0 Å². The lowest BCUT2D eigenvalue weighted by atomic mass is 9.89. The van der Waals surface area contributed by atoms with Crippen LogP contribution in [0.3, 0.4) is 0 Å². The summed E-state index contributed by atoms with van der Waals surface area (Å²) in [6.07, 6.45) is 2.63. The van der Waals surface area contributed by atoms with Crippen LogP contribution in [-0.4, -0.2) is 10.6 Å². The molecule has 1 aliphatic rings. The highest BCUT2D eigenvalue weighted by Gasteiger charge is 2.33. The molecule has 1 aliphatic heterocycles. The van der Waals surface area contributed by atoms with E-state index in [0.29, 0.717) is 5.15 Å². The van der Waals surface area contributed by atoms with Gasteiger partial charge in [-0.15, -0.1) is 0 Å². The summed E-state index contributed by atoms with van der Waals surface area (Å²) in [5.74, 6) is 0.937. The monoisotopic (exact) mass is 366 g/mol. The molecule has 1 unspecified atom stereocenters. The highest BCUT2D eigenvalue weighted by Crippen LogP contribution is 2.41. The Labute approximate surface area is 137 Å². The quantitative estimate of drug-likeness (QED) is 0.740. The summed E-state index contributed by atoms with van der Waals surface area (Å²) in [4.78, 5) is 4.16. The van der Waals surface area contributed by atoms with Gasteiger partial charge in [-0.1, -0.05) is 29.8 Å². The second kappa shape index (κ2) is 5.50. The van der Waals surface area contributed by atoms with Gasteiger partial charge in [0.25, 0.3) is 0 Å². The van der Waals surface area contributed by atoms with E-state index in [-0.39, 0.29) is 11.6 Å². The van der Waals surface area contributed by atoms with Crippen molar-refractivity contribution in [3.63, 3.8) is 0 Å². The Hall–Kier alpha value is -1.26. The molecule has 3 nitrogen and oxygen atoms in total. The van der Waals surface area contributed by atoms with Crippen molar-refractivity contribution in [1.82, 2.24) is 4.98 Å². The van der Waals surface area contributed by atoms with Gasteiger partial charge in [0, 0.05) is 12.0 Å². The average molecular weight is 368 g/mol. The normalized spacial score (nSPS) is 19.5. The van der Waals surface area contributed by atoms with Crippen LogP contribution in [0.25, 0.3) is 0 Å². The molecule has 5 heteroatoms. The van der Waals surface area contributed by atoms with Crippen LogP contribution in [-0.2, 0) is 0 Å². The first-order valence-corrected chi connectivity index (χ1v) is 7.97. The predicted molar refractivity (Wildman–Crippen MR) is 89.1 cm³/mol. The van der Waals surface area contributed by atoms with Crippen LogP contribution in [0.4, 0.5) is 5.69 Å². The molecule has 1 aromatic heterocycles. The fourth-order valence-electron chi connectivity index (χ4n) is 2.63. The number of hydrogen-bond donors (Lipinski definition) is 1. The first-order chi connectivity index (χ1) is 9.94. The maximum absolute atomic E-state index is 6.04. The van der Waals surface area contributed by atoms with E-state index in [1.807, 2.05) is 24.3 Å². The molecule has 0 saturated carbocycles. The third-order valence-corrected chi connectivity index (χ3v) is 4.65. The average Bonchev–Trinajstić information content (AvgIpc) is 2.42. The van der Waals surface area contributed by atoms with Gasteiger partial charge in [-0.05, 0) is 41.9 Å². The van der Waals surface area contributed by atoms with Gasteiger partial charge in [-0.2, -0.15) is 0 Å². The maximum Gasteiger partial charge on any atom is 0.143 e. The minimum Gasteiger partial charge on any atom is -0.487 e. The molecule has 3 rings (SSSR count). The third kappa shape index (κ3) is 3.16. The van der Waals surface area contributed by atoms with Gasteiger partial charge in [0.05, 0.1) is 22.4 Å². The van der Waals surface area contributed by atoms with Gasteiger partial charge in [0.1, 0.15) is 16.5 Å². The summed E-state index contributed by atoms with van der Waals surface area (Å²) in [7, 11) is 0. The number of pyridine rings is 1. The molecule has 1 N–H and O–H groups in total. The number of anilines is 1. The van der Waals surface area contributed by atoms with Crippen LogP contribution in [0, 0.1) is 0 Å². The standard InChI is InChI=1S/C16H16BrClN2O/c1-16(2)8-13(11-5-3-4-6-14(11)21-16)20-10-7-12(17)15(18)19-9-10/h3-7,9,13,20H,8H2,1-2H3. The highest BCUT2D eigenvalue weighted by molar-refractivity contribution is 9.10. The zero-order valence-electron chi connectivity index (χ0n) is 11.9. The van der Waals surface area contributed by atoms with Crippen LogP contribution in [0.15, 0.2) is 41.0 Å². The lowest BCUT2D eigenvalue weighted by molar-refractivity contribution is 0.0759. The van der Waals surface area contributed by atoms with Crippen molar-refractivity contribution in [1.29, 1.82) is 0 Å². The van der Waals surface area contributed by atoms with Crippen LogP contribution in [0.2, 0.25) is 5.15 Å². The fraction of sp³-hybridized carbons (Fsp3) is 0.312. The molecule has 0 radical (unpaired) electrons. The van der Waals surface area contributed by atoms with E-state index in [1.165, 1.54) is 5.56 Å². The van der Waals surface area contributed by atoms with Crippen molar-refractivity contribution < 1.29 is 4.74 Å². The lowest BCUT2D eigenvalue weighted by Gasteiger charge is -2.38. The summed E-state index contributed by atoms with van der Waals surface area (Å²) in [5.41, 5.74) is 1.90. The molecule has 0 saturated heterocycles. The topological polar surface area (TPSA) is 34.2 Å². The Balaban J connectivity index is 1.92. The first kappa shape index (κ1) is 14.7. The second-order valence-corrected chi connectivity index (χ2v) is 7.01. The van der Waals surface area contributed by atoms with Gasteiger partial charge in [0.15, 0.2) is 0 Å². The van der Waals surface area contributed by atoms with Crippen molar-refractivity contribution in [2.24, 2.45) is 0 Å². The Morgan fingerprint density at radius 2 is 2.14 bits per heavy atom. The number of fused-ring (bicyclic) bond motifs is 1. The zero-order valence-corrected chi connectivity index (χ0v) is 14.2. The van der Waals surface area contributed by atoms with Crippen molar-refractivity contribution in [3.8, 4) is 5.75 Å². The second-order valence-electron chi connectivity index (χ2n) is 5.80. The number of halogens is 2. The molecular weight excluding hydrogens is 352 g/mol. The van der Waals surface area contributed by atoms with E-state index in [9.17, 15) is 0 Å². The molecule has 1 atom stereocenters. The predicted octanol–water partition coefficient (Wildman–Crippen LogP) is 5.21. The minimum absolute atomic E-state index is 0.180. The van der Waals surface area contributed by atoms with E-state index in [0.717, 1.165) is 22.3 Å². The molecule has 0 spiro atoms. The van der Waals surface area contributed by atoms with Crippen molar-refractivity contribution in [2.75, 3.05) is 5.32 Å². The molecule has 2 heterocycles. The van der Waals surface area contributed by atoms with E-state index in [2.05, 4.69) is 46.1 Å². The number of para-hydroxylation sites is 1. The molecular formula is C16H16BrClN2O. The Morgan fingerprint density at radius 3 is 2.90 bits per heavy atom. The molecule has 0 fully saturated rings. The Bertz CT molecular complexity index is 675. The maximum atomic E-state index is 6.04. The molecule has 21 heavy (non-hydrogen) atoms. The van der Waals surface area contributed by atoms with Gasteiger partial charge < -0.3 is 10.1 Å². The molecule has 0 amide bonds. The van der Waals surface area contributed by atoms with Crippen molar-refractivity contribution in [2.45, 2.75) is 31.9 Å². The van der Waals surface area contributed by atoms with Gasteiger partial charge in [-0.25, -0.2) is 4.98 Å². The molecule has 2 aromatic rings. The van der Waals surface area contributed by atoms with Gasteiger partial charge in [-0.3, -0.25) is 0 Å². The molecule has 0 aliphatic carbocycles. The van der Waals surface area contributed by atoms with E-state index in [1.54, 1.807) is 6.20 Å². The lowest BCUT2D eigenvalue weighted by Crippen LogP contribution is -2.37. The summed E-state index contributed by atoms with van der Waals surface area (Å²) in [5, 5.41) is 4.00. The SMILES string of the molecule is CC1(C)CC(Nc2cnc(Cl)c(Br)c2)c2ccccc2O1. The molecule has 1 aromatic carbocycles. The first-order valence-electron chi connectivity index (χ1n) is 6.80. The number of benzene rings is 1. The number of nitrogens with one attached hydrogen (secondary N) is 1. The van der Waals surface area contributed by atoms with E-state index < -0.39 is 0 Å². The number of nitrogens with zero attached hydrogens (tertiary/aromatic N) is 1. The molecule has 0 bridgehead atoms. The number of aromatic nitrogens is 1. The highest BCUT2D eigenvalue weighted by atomic mass is 79.9. The largest absolute Gasteiger partial charge is 0.487 e. The minimum atomic E-state index is -0.205.